The van der Waals surface area contributed by atoms with Crippen LogP contribution in [-0.4, -0.2) is 38.4 Å². The van der Waals surface area contributed by atoms with Gasteiger partial charge in [0, 0.05) is 14.1 Å². The molecule has 1 aromatic rings. The van der Waals surface area contributed by atoms with E-state index in [1.54, 1.807) is 0 Å². The zero-order valence-electron chi connectivity index (χ0n) is 8.84. The Morgan fingerprint density at radius 3 is 2.38 bits per heavy atom. The maximum absolute atomic E-state index is 11.7. The van der Waals surface area contributed by atoms with Crippen molar-refractivity contribution in [3.05, 3.63) is 23.8 Å². The van der Waals surface area contributed by atoms with Gasteiger partial charge in [-0.2, -0.15) is 0 Å². The number of benzene rings is 1. The van der Waals surface area contributed by atoms with Crippen LogP contribution in [0.3, 0.4) is 0 Å². The second-order valence-electron chi connectivity index (χ2n) is 3.39. The van der Waals surface area contributed by atoms with Crippen LogP contribution in [0.1, 0.15) is 10.4 Å². The second-order valence-corrected chi connectivity index (χ2v) is 4.92. The van der Waals surface area contributed by atoms with E-state index >= 15 is 0 Å². The number of nitrogens with zero attached hydrogens (tertiary/aromatic N) is 1. The third-order valence-electron chi connectivity index (χ3n) is 1.93. The molecule has 0 unspecified atom stereocenters. The maximum Gasteiger partial charge on any atom is 0.258 e. The van der Waals surface area contributed by atoms with Gasteiger partial charge in [0.2, 0.25) is 10.0 Å². The molecule has 88 valence electrons. The Bertz CT molecular complexity index is 522. The summed E-state index contributed by atoms with van der Waals surface area (Å²) in [5, 5.41) is 14.5. The van der Waals surface area contributed by atoms with Crippen LogP contribution in [0.25, 0.3) is 0 Å². The highest BCUT2D eigenvalue weighted by molar-refractivity contribution is 7.89. The zero-order chi connectivity index (χ0) is 12.5. The highest BCUT2D eigenvalue weighted by Crippen LogP contribution is 2.24. The van der Waals surface area contributed by atoms with Crippen LogP contribution < -0.4 is 5.14 Å². The lowest BCUT2D eigenvalue weighted by Crippen LogP contribution is -2.25. The number of aromatic hydroxyl groups is 1. The van der Waals surface area contributed by atoms with Gasteiger partial charge in [0.05, 0.1) is 4.90 Å². The van der Waals surface area contributed by atoms with E-state index < -0.39 is 21.7 Å². The quantitative estimate of drug-likeness (QED) is 0.748. The van der Waals surface area contributed by atoms with Gasteiger partial charge in [0.1, 0.15) is 11.3 Å². The molecule has 3 N–H and O–H groups in total. The van der Waals surface area contributed by atoms with Gasteiger partial charge in [-0.05, 0) is 12.1 Å². The van der Waals surface area contributed by atoms with E-state index in [1.165, 1.54) is 32.3 Å². The average Bonchev–Trinajstić information content (AvgIpc) is 2.14. The lowest BCUT2D eigenvalue weighted by Gasteiger charge is -2.14. The van der Waals surface area contributed by atoms with Gasteiger partial charge in [0.25, 0.3) is 5.91 Å². The smallest absolute Gasteiger partial charge is 0.258 e. The molecule has 0 aliphatic carbocycles. The summed E-state index contributed by atoms with van der Waals surface area (Å²) in [6, 6.07) is 3.71. The zero-order valence-corrected chi connectivity index (χ0v) is 9.65. The fraction of sp³-hybridized carbons (Fsp3) is 0.222. The minimum absolute atomic E-state index is 0.310. The molecule has 0 radical (unpaired) electrons. The highest BCUT2D eigenvalue weighted by Gasteiger charge is 2.23. The summed E-state index contributed by atoms with van der Waals surface area (Å²) in [5.41, 5.74) is -0.310. The molecule has 0 aliphatic rings. The van der Waals surface area contributed by atoms with E-state index in [9.17, 15) is 18.3 Å². The molecule has 16 heavy (non-hydrogen) atoms. The van der Waals surface area contributed by atoms with Crippen molar-refractivity contribution in [3.63, 3.8) is 0 Å². The number of hydrogen-bond donors (Lipinski definition) is 2. The van der Waals surface area contributed by atoms with Crippen molar-refractivity contribution in [1.29, 1.82) is 0 Å². The van der Waals surface area contributed by atoms with E-state index in [4.69, 9.17) is 5.14 Å². The molecular formula is C9H12N2O4S. The first kappa shape index (κ1) is 12.5. The minimum Gasteiger partial charge on any atom is -0.507 e. The average molecular weight is 244 g/mol. The normalized spacial score (nSPS) is 11.2. The molecular weight excluding hydrogens is 232 g/mol. The Hall–Kier alpha value is -1.60. The summed E-state index contributed by atoms with van der Waals surface area (Å²) in [6.45, 7) is 0. The summed E-state index contributed by atoms with van der Waals surface area (Å²) in [5.74, 6) is -1.03. The number of hydrogen-bond acceptors (Lipinski definition) is 4. The number of sulfonamides is 1. The largest absolute Gasteiger partial charge is 0.507 e. The van der Waals surface area contributed by atoms with Crippen molar-refractivity contribution < 1.29 is 18.3 Å². The van der Waals surface area contributed by atoms with Gasteiger partial charge in [-0.25, -0.2) is 13.6 Å². The molecule has 0 heterocycles. The van der Waals surface area contributed by atoms with E-state index in [-0.39, 0.29) is 10.5 Å². The summed E-state index contributed by atoms with van der Waals surface area (Å²) < 4.78 is 22.5. The lowest BCUT2D eigenvalue weighted by atomic mass is 10.2. The molecule has 0 bridgehead atoms. The van der Waals surface area contributed by atoms with Crippen LogP contribution in [0.5, 0.6) is 5.75 Å². The monoisotopic (exact) mass is 244 g/mol. The first-order valence-electron chi connectivity index (χ1n) is 4.31. The van der Waals surface area contributed by atoms with E-state index in [0.29, 0.717) is 0 Å². The standard InChI is InChI=1S/C9H12N2O4S/c1-11(2)9(13)8-6(12)4-3-5-7(8)16(10,14)15/h3-5,12H,1-2H3,(H2,10,14,15). The molecule has 7 heteroatoms. The maximum atomic E-state index is 11.7. The number of carbonyl (C=O) groups excluding carboxylic acids is 1. The Morgan fingerprint density at radius 2 is 1.94 bits per heavy atom. The van der Waals surface area contributed by atoms with Crippen LogP contribution in [0.2, 0.25) is 0 Å². The lowest BCUT2D eigenvalue weighted by molar-refractivity contribution is 0.0820. The van der Waals surface area contributed by atoms with E-state index in [0.717, 1.165) is 4.90 Å². The Balaban J connectivity index is 3.54. The van der Waals surface area contributed by atoms with Crippen molar-refractivity contribution in [2.45, 2.75) is 4.90 Å². The molecule has 1 amide bonds. The molecule has 0 atom stereocenters. The van der Waals surface area contributed by atoms with Crippen molar-refractivity contribution in [3.8, 4) is 5.75 Å². The van der Waals surface area contributed by atoms with Crippen molar-refractivity contribution in [1.82, 2.24) is 4.90 Å². The van der Waals surface area contributed by atoms with Crippen molar-refractivity contribution in [2.75, 3.05) is 14.1 Å². The van der Waals surface area contributed by atoms with E-state index in [1.807, 2.05) is 0 Å². The third-order valence-corrected chi connectivity index (χ3v) is 2.88. The fourth-order valence-corrected chi connectivity index (χ4v) is 1.94. The second kappa shape index (κ2) is 4.11. The van der Waals surface area contributed by atoms with E-state index in [2.05, 4.69) is 0 Å². The van der Waals surface area contributed by atoms with Gasteiger partial charge >= 0.3 is 0 Å². The Morgan fingerprint density at radius 1 is 1.38 bits per heavy atom. The van der Waals surface area contributed by atoms with Crippen LogP contribution in [0, 0.1) is 0 Å². The number of primary sulfonamides is 1. The van der Waals surface area contributed by atoms with Crippen LogP contribution >= 0.6 is 0 Å². The fourth-order valence-electron chi connectivity index (χ4n) is 1.20. The van der Waals surface area contributed by atoms with Crippen molar-refractivity contribution >= 4 is 15.9 Å². The molecule has 0 spiro atoms. The first-order valence-corrected chi connectivity index (χ1v) is 5.86. The molecule has 0 fully saturated rings. The summed E-state index contributed by atoms with van der Waals surface area (Å²) in [6.07, 6.45) is 0. The number of rotatable bonds is 2. The molecule has 0 saturated carbocycles. The minimum atomic E-state index is -4.04. The van der Waals surface area contributed by atoms with Crippen molar-refractivity contribution in [2.24, 2.45) is 5.14 Å². The van der Waals surface area contributed by atoms with Crippen LogP contribution in [-0.2, 0) is 10.0 Å². The van der Waals surface area contributed by atoms with Gasteiger partial charge < -0.3 is 10.0 Å². The van der Waals surface area contributed by atoms with Gasteiger partial charge in [-0.3, -0.25) is 4.79 Å². The molecule has 0 aliphatic heterocycles. The number of amides is 1. The topological polar surface area (TPSA) is 101 Å². The van der Waals surface area contributed by atoms with Gasteiger partial charge in [-0.1, -0.05) is 6.07 Å². The Labute approximate surface area is 93.3 Å². The molecule has 6 nitrogen and oxygen atoms in total. The van der Waals surface area contributed by atoms with Crippen LogP contribution in [0.4, 0.5) is 0 Å². The predicted octanol–water partition coefficient (Wildman–Crippen LogP) is -0.259. The Kier molecular flexibility index (Phi) is 3.20. The third kappa shape index (κ3) is 2.31. The van der Waals surface area contributed by atoms with Crippen LogP contribution in [0.15, 0.2) is 23.1 Å². The molecule has 1 rings (SSSR count). The predicted molar refractivity (Wildman–Crippen MR) is 57.5 cm³/mol. The summed E-state index contributed by atoms with van der Waals surface area (Å²) in [4.78, 5) is 12.5. The highest BCUT2D eigenvalue weighted by atomic mass is 32.2. The molecule has 0 saturated heterocycles. The number of nitrogens with two attached hydrogens (primary N) is 1. The number of carbonyl (C=O) groups is 1. The molecule has 1 aromatic carbocycles. The van der Waals surface area contributed by atoms with Gasteiger partial charge in [0.15, 0.2) is 0 Å². The number of phenolic OH excluding ortho intramolecular Hbond substituents is 1. The summed E-state index contributed by atoms with van der Waals surface area (Å²) in [7, 11) is -1.15. The molecule has 0 aromatic heterocycles. The first-order chi connectivity index (χ1) is 7.25. The number of phenols is 1. The van der Waals surface area contributed by atoms with Gasteiger partial charge in [-0.15, -0.1) is 0 Å². The SMILES string of the molecule is CN(C)C(=O)c1c(O)cccc1S(N)(=O)=O. The summed E-state index contributed by atoms with van der Waals surface area (Å²) >= 11 is 0.